The first-order valence-electron chi connectivity index (χ1n) is 7.69. The van der Waals surface area contributed by atoms with E-state index in [0.717, 1.165) is 40.8 Å². The van der Waals surface area contributed by atoms with Crippen molar-refractivity contribution in [3.8, 4) is 5.88 Å². The molecule has 23 heavy (non-hydrogen) atoms. The maximum atomic E-state index is 12.3. The highest BCUT2D eigenvalue weighted by Crippen LogP contribution is 2.35. The molecule has 0 saturated heterocycles. The lowest BCUT2D eigenvalue weighted by atomic mass is 9.88. The minimum Gasteiger partial charge on any atom is -0.481 e. The Morgan fingerprint density at radius 2 is 2.09 bits per heavy atom. The van der Waals surface area contributed by atoms with Gasteiger partial charge < -0.3 is 9.47 Å². The van der Waals surface area contributed by atoms with Gasteiger partial charge in [-0.25, -0.2) is 4.98 Å². The standard InChI is InChI=1S/C18H19NO4/c1-22-17-7-6-13-12(10-18(21)23-2)8-14-11(9-15(13)19-17)4-3-5-16(14)20/h6-8H,3-5,9-10H2,1-2H3. The molecule has 0 N–H and O–H groups in total. The van der Waals surface area contributed by atoms with Gasteiger partial charge in [0, 0.05) is 30.0 Å². The number of rotatable bonds is 3. The summed E-state index contributed by atoms with van der Waals surface area (Å²) in [5.41, 5.74) is 4.36. The first kappa shape index (κ1) is 15.5. The first-order valence-corrected chi connectivity index (χ1v) is 7.69. The van der Waals surface area contributed by atoms with Gasteiger partial charge in [-0.15, -0.1) is 0 Å². The van der Waals surface area contributed by atoms with Crippen LogP contribution in [0.1, 0.15) is 36.9 Å². The van der Waals surface area contributed by atoms with E-state index >= 15 is 0 Å². The largest absolute Gasteiger partial charge is 0.481 e. The zero-order valence-electron chi connectivity index (χ0n) is 13.3. The Kier molecular flexibility index (Phi) is 4.28. The van der Waals surface area contributed by atoms with Crippen molar-refractivity contribution >= 4 is 17.3 Å². The number of aromatic nitrogens is 1. The Bertz CT molecular complexity index is 731. The fourth-order valence-corrected chi connectivity index (χ4v) is 3.15. The SMILES string of the molecule is COC(=O)CC1=CC2=C(CCCC2=O)Cc2nc(OC)ccc21. The second-order valence-electron chi connectivity index (χ2n) is 5.74. The summed E-state index contributed by atoms with van der Waals surface area (Å²) in [7, 11) is 2.94. The molecule has 2 aliphatic carbocycles. The lowest BCUT2D eigenvalue weighted by Crippen LogP contribution is -2.11. The monoisotopic (exact) mass is 313 g/mol. The molecule has 0 radical (unpaired) electrons. The number of hydrogen-bond donors (Lipinski definition) is 0. The van der Waals surface area contributed by atoms with Gasteiger partial charge in [-0.1, -0.05) is 5.57 Å². The van der Waals surface area contributed by atoms with E-state index in [9.17, 15) is 9.59 Å². The van der Waals surface area contributed by atoms with Gasteiger partial charge in [-0.3, -0.25) is 9.59 Å². The number of ketones is 1. The van der Waals surface area contributed by atoms with Crippen molar-refractivity contribution in [3.05, 3.63) is 40.6 Å². The Balaban J connectivity index is 2.12. The molecular weight excluding hydrogens is 294 g/mol. The van der Waals surface area contributed by atoms with Crippen LogP contribution in [0.15, 0.2) is 29.4 Å². The third-order valence-electron chi connectivity index (χ3n) is 4.33. The average Bonchev–Trinajstić information content (AvgIpc) is 2.71. The van der Waals surface area contributed by atoms with Crippen LogP contribution in [0, 0.1) is 0 Å². The van der Waals surface area contributed by atoms with E-state index in [1.165, 1.54) is 7.11 Å². The van der Waals surface area contributed by atoms with Crippen LogP contribution in [0.3, 0.4) is 0 Å². The number of carbonyl (C=O) groups is 2. The second kappa shape index (κ2) is 6.36. The summed E-state index contributed by atoms with van der Waals surface area (Å²) >= 11 is 0. The molecule has 0 aliphatic heterocycles. The molecule has 1 aromatic rings. The van der Waals surface area contributed by atoms with Crippen LogP contribution >= 0.6 is 0 Å². The molecule has 0 spiro atoms. The van der Waals surface area contributed by atoms with Crippen molar-refractivity contribution in [3.63, 3.8) is 0 Å². The summed E-state index contributed by atoms with van der Waals surface area (Å²) < 4.78 is 10.0. The molecule has 5 nitrogen and oxygen atoms in total. The molecule has 3 rings (SSSR count). The molecule has 0 bridgehead atoms. The summed E-state index contributed by atoms with van der Waals surface area (Å²) in [5, 5.41) is 0. The molecule has 0 aromatic carbocycles. The molecule has 1 aromatic heterocycles. The maximum absolute atomic E-state index is 12.3. The number of ether oxygens (including phenoxy) is 2. The van der Waals surface area contributed by atoms with E-state index in [-0.39, 0.29) is 18.2 Å². The van der Waals surface area contributed by atoms with E-state index in [1.807, 2.05) is 12.1 Å². The van der Waals surface area contributed by atoms with Gasteiger partial charge in [0.1, 0.15) is 0 Å². The smallest absolute Gasteiger partial charge is 0.310 e. The predicted molar refractivity (Wildman–Crippen MR) is 85.0 cm³/mol. The number of hydrogen-bond acceptors (Lipinski definition) is 5. The van der Waals surface area contributed by atoms with Crippen LogP contribution in [0.2, 0.25) is 0 Å². The second-order valence-corrected chi connectivity index (χ2v) is 5.74. The summed E-state index contributed by atoms with van der Waals surface area (Å²) in [6.45, 7) is 0. The minimum atomic E-state index is -0.328. The number of fused-ring (bicyclic) bond motifs is 1. The summed E-state index contributed by atoms with van der Waals surface area (Å²) in [6.07, 6.45) is 4.93. The number of nitrogens with zero attached hydrogens (tertiary/aromatic N) is 1. The number of allylic oxidation sites excluding steroid dienone is 3. The molecular formula is C18H19NO4. The summed E-state index contributed by atoms with van der Waals surface area (Å²) in [5.74, 6) is 0.353. The minimum absolute atomic E-state index is 0.127. The van der Waals surface area contributed by atoms with Crippen LogP contribution in [-0.4, -0.2) is 31.0 Å². The fourth-order valence-electron chi connectivity index (χ4n) is 3.15. The molecule has 120 valence electrons. The van der Waals surface area contributed by atoms with Crippen LogP contribution in [0.4, 0.5) is 0 Å². The number of carbonyl (C=O) groups excluding carboxylic acids is 2. The predicted octanol–water partition coefficient (Wildman–Crippen LogP) is 2.64. The van der Waals surface area contributed by atoms with Gasteiger partial charge in [0.2, 0.25) is 5.88 Å². The Hall–Kier alpha value is -2.43. The third kappa shape index (κ3) is 3.04. The van der Waals surface area contributed by atoms with Crippen LogP contribution < -0.4 is 4.74 Å². The van der Waals surface area contributed by atoms with E-state index in [2.05, 4.69) is 4.98 Å². The van der Waals surface area contributed by atoms with Crippen molar-refractivity contribution in [1.82, 2.24) is 4.98 Å². The zero-order valence-corrected chi connectivity index (χ0v) is 13.3. The highest BCUT2D eigenvalue weighted by molar-refractivity contribution is 6.03. The lowest BCUT2D eigenvalue weighted by molar-refractivity contribution is -0.139. The van der Waals surface area contributed by atoms with Gasteiger partial charge in [0.05, 0.1) is 26.3 Å². The normalized spacial score (nSPS) is 17.0. The van der Waals surface area contributed by atoms with Crippen molar-refractivity contribution in [2.24, 2.45) is 0 Å². The Morgan fingerprint density at radius 3 is 2.83 bits per heavy atom. The number of Topliss-reactive ketones (excluding diaryl/α,β-unsaturated/α-hetero) is 1. The quantitative estimate of drug-likeness (QED) is 0.803. The number of esters is 1. The Morgan fingerprint density at radius 1 is 1.26 bits per heavy atom. The maximum Gasteiger partial charge on any atom is 0.310 e. The summed E-state index contributed by atoms with van der Waals surface area (Å²) in [4.78, 5) is 28.6. The van der Waals surface area contributed by atoms with Crippen LogP contribution in [-0.2, 0) is 20.7 Å². The molecule has 0 saturated carbocycles. The molecule has 0 fully saturated rings. The highest BCUT2D eigenvalue weighted by atomic mass is 16.5. The molecule has 1 heterocycles. The number of pyridine rings is 1. The topological polar surface area (TPSA) is 65.5 Å². The zero-order chi connectivity index (χ0) is 16.4. The van der Waals surface area contributed by atoms with E-state index in [1.54, 1.807) is 13.2 Å². The molecule has 2 aliphatic rings. The molecule has 5 heteroatoms. The summed E-state index contributed by atoms with van der Waals surface area (Å²) in [6, 6.07) is 3.68. The van der Waals surface area contributed by atoms with Gasteiger partial charge >= 0.3 is 5.97 Å². The fraction of sp³-hybridized carbons (Fsp3) is 0.389. The lowest BCUT2D eigenvalue weighted by Gasteiger charge is -2.16. The van der Waals surface area contributed by atoms with Gasteiger partial charge in [-0.05, 0) is 30.6 Å². The molecule has 0 atom stereocenters. The van der Waals surface area contributed by atoms with Gasteiger partial charge in [-0.2, -0.15) is 0 Å². The van der Waals surface area contributed by atoms with Crippen molar-refractivity contribution in [2.45, 2.75) is 32.1 Å². The van der Waals surface area contributed by atoms with Gasteiger partial charge in [0.15, 0.2) is 5.78 Å². The van der Waals surface area contributed by atoms with Gasteiger partial charge in [0.25, 0.3) is 0 Å². The van der Waals surface area contributed by atoms with Crippen molar-refractivity contribution in [2.75, 3.05) is 14.2 Å². The van der Waals surface area contributed by atoms with E-state index in [0.29, 0.717) is 18.7 Å². The van der Waals surface area contributed by atoms with Crippen molar-refractivity contribution in [1.29, 1.82) is 0 Å². The molecule has 0 unspecified atom stereocenters. The third-order valence-corrected chi connectivity index (χ3v) is 4.33. The van der Waals surface area contributed by atoms with Crippen LogP contribution in [0.25, 0.3) is 5.57 Å². The van der Waals surface area contributed by atoms with Crippen LogP contribution in [0.5, 0.6) is 5.88 Å². The van der Waals surface area contributed by atoms with Crippen molar-refractivity contribution < 1.29 is 19.1 Å². The Labute approximate surface area is 135 Å². The highest BCUT2D eigenvalue weighted by Gasteiger charge is 2.26. The first-order chi connectivity index (χ1) is 11.1. The van der Waals surface area contributed by atoms with E-state index < -0.39 is 0 Å². The number of methoxy groups -OCH3 is 2. The average molecular weight is 313 g/mol. The molecule has 0 amide bonds. The van der Waals surface area contributed by atoms with E-state index in [4.69, 9.17) is 9.47 Å².